The summed E-state index contributed by atoms with van der Waals surface area (Å²) in [6.45, 7) is -0.0770. The number of hydrogen-bond donors (Lipinski definition) is 1. The SMILES string of the molecule is CN1C(=O)COc2cc(F)cc(N)c21. The first-order chi connectivity index (χ1) is 6.59. The molecule has 0 saturated heterocycles. The van der Waals surface area contributed by atoms with Crippen molar-refractivity contribution in [3.8, 4) is 5.75 Å². The van der Waals surface area contributed by atoms with Gasteiger partial charge in [0.2, 0.25) is 0 Å². The lowest BCUT2D eigenvalue weighted by molar-refractivity contribution is -0.120. The number of halogens is 1. The molecule has 0 unspecified atom stereocenters. The highest BCUT2D eigenvalue weighted by molar-refractivity contribution is 6.00. The fourth-order valence-corrected chi connectivity index (χ4v) is 1.42. The first-order valence-corrected chi connectivity index (χ1v) is 4.08. The Morgan fingerprint density at radius 3 is 3.00 bits per heavy atom. The largest absolute Gasteiger partial charge is 0.481 e. The summed E-state index contributed by atoms with van der Waals surface area (Å²) in [4.78, 5) is 12.6. The molecule has 0 saturated carbocycles. The maximum Gasteiger partial charge on any atom is 0.264 e. The van der Waals surface area contributed by atoms with Crippen LogP contribution in [0.4, 0.5) is 15.8 Å². The molecule has 0 fully saturated rings. The van der Waals surface area contributed by atoms with Crippen LogP contribution in [0.5, 0.6) is 5.75 Å². The normalized spacial score (nSPS) is 15.0. The number of fused-ring (bicyclic) bond motifs is 1. The first-order valence-electron chi connectivity index (χ1n) is 4.08. The zero-order valence-electron chi connectivity index (χ0n) is 7.58. The summed E-state index contributed by atoms with van der Waals surface area (Å²) in [6.07, 6.45) is 0. The van der Waals surface area contributed by atoms with Gasteiger partial charge in [-0.15, -0.1) is 0 Å². The Balaban J connectivity index is 2.60. The van der Waals surface area contributed by atoms with Crippen molar-refractivity contribution in [2.75, 3.05) is 24.3 Å². The zero-order valence-corrected chi connectivity index (χ0v) is 7.58. The van der Waals surface area contributed by atoms with Gasteiger partial charge >= 0.3 is 0 Å². The summed E-state index contributed by atoms with van der Waals surface area (Å²) >= 11 is 0. The molecule has 74 valence electrons. The highest BCUT2D eigenvalue weighted by atomic mass is 19.1. The predicted molar refractivity (Wildman–Crippen MR) is 49.7 cm³/mol. The molecule has 2 N–H and O–H groups in total. The number of likely N-dealkylation sites (N-methyl/N-ethyl adjacent to an activating group) is 1. The Morgan fingerprint density at radius 1 is 1.57 bits per heavy atom. The van der Waals surface area contributed by atoms with Crippen LogP contribution in [-0.4, -0.2) is 19.6 Å². The molecule has 4 nitrogen and oxygen atoms in total. The number of carbonyl (C=O) groups excluding carboxylic acids is 1. The van der Waals surface area contributed by atoms with E-state index in [4.69, 9.17) is 10.5 Å². The Morgan fingerprint density at radius 2 is 2.29 bits per heavy atom. The molecule has 0 spiro atoms. The minimum atomic E-state index is -0.469. The first kappa shape index (κ1) is 8.80. The number of nitrogens with zero attached hydrogens (tertiary/aromatic N) is 1. The molecule has 0 aliphatic carbocycles. The van der Waals surface area contributed by atoms with Crippen LogP contribution < -0.4 is 15.4 Å². The molecule has 5 heteroatoms. The molecule has 0 aromatic heterocycles. The van der Waals surface area contributed by atoms with E-state index in [0.29, 0.717) is 11.4 Å². The highest BCUT2D eigenvalue weighted by Gasteiger charge is 2.24. The lowest BCUT2D eigenvalue weighted by atomic mass is 10.2. The summed E-state index contributed by atoms with van der Waals surface area (Å²) in [5.41, 5.74) is 6.22. The average molecular weight is 196 g/mol. The molecule has 0 bridgehead atoms. The van der Waals surface area contributed by atoms with E-state index in [9.17, 15) is 9.18 Å². The third-order valence-electron chi connectivity index (χ3n) is 2.13. The van der Waals surface area contributed by atoms with Gasteiger partial charge in [-0.05, 0) is 6.07 Å². The molecule has 0 atom stereocenters. The summed E-state index contributed by atoms with van der Waals surface area (Å²) in [5, 5.41) is 0. The van der Waals surface area contributed by atoms with E-state index in [1.807, 2.05) is 0 Å². The number of hydrogen-bond acceptors (Lipinski definition) is 3. The van der Waals surface area contributed by atoms with Gasteiger partial charge in [0.1, 0.15) is 17.3 Å². The fourth-order valence-electron chi connectivity index (χ4n) is 1.42. The number of carbonyl (C=O) groups is 1. The third kappa shape index (κ3) is 1.17. The highest BCUT2D eigenvalue weighted by Crippen LogP contribution is 2.37. The average Bonchev–Trinajstić information content (AvgIpc) is 2.10. The van der Waals surface area contributed by atoms with Gasteiger partial charge in [0, 0.05) is 13.1 Å². The predicted octanol–water partition coefficient (Wildman–Crippen LogP) is 0.763. The molecular formula is C9H9FN2O2. The van der Waals surface area contributed by atoms with Crippen molar-refractivity contribution >= 4 is 17.3 Å². The number of anilines is 2. The van der Waals surface area contributed by atoms with Gasteiger partial charge in [-0.25, -0.2) is 4.39 Å². The molecule has 1 heterocycles. The van der Waals surface area contributed by atoms with Crippen molar-refractivity contribution in [1.82, 2.24) is 0 Å². The summed E-state index contributed by atoms with van der Waals surface area (Å²) in [6, 6.07) is 2.38. The molecule has 0 radical (unpaired) electrons. The summed E-state index contributed by atoms with van der Waals surface area (Å²) < 4.78 is 18.0. The van der Waals surface area contributed by atoms with E-state index >= 15 is 0 Å². The van der Waals surface area contributed by atoms with Crippen molar-refractivity contribution in [1.29, 1.82) is 0 Å². The zero-order chi connectivity index (χ0) is 10.3. The van der Waals surface area contributed by atoms with Crippen molar-refractivity contribution in [2.45, 2.75) is 0 Å². The van der Waals surface area contributed by atoms with E-state index in [2.05, 4.69) is 0 Å². The minimum absolute atomic E-state index is 0.0770. The molecule has 14 heavy (non-hydrogen) atoms. The number of rotatable bonds is 0. The smallest absolute Gasteiger partial charge is 0.264 e. The van der Waals surface area contributed by atoms with E-state index in [1.54, 1.807) is 7.05 Å². The number of nitrogen functional groups attached to an aromatic ring is 1. The van der Waals surface area contributed by atoms with Gasteiger partial charge in [-0.1, -0.05) is 0 Å². The Labute approximate surface area is 80.1 Å². The quantitative estimate of drug-likeness (QED) is 0.623. The van der Waals surface area contributed by atoms with E-state index < -0.39 is 5.82 Å². The number of ether oxygens (including phenoxy) is 1. The maximum absolute atomic E-state index is 12.9. The van der Waals surface area contributed by atoms with Gasteiger partial charge in [-0.3, -0.25) is 4.79 Å². The van der Waals surface area contributed by atoms with E-state index in [0.717, 1.165) is 6.07 Å². The van der Waals surface area contributed by atoms with Crippen molar-refractivity contribution in [3.63, 3.8) is 0 Å². The van der Waals surface area contributed by atoms with Crippen LogP contribution >= 0.6 is 0 Å². The molecule has 1 aromatic rings. The standard InChI is InChI=1S/C9H9FN2O2/c1-12-8(13)4-14-7-3-5(10)2-6(11)9(7)12/h2-3H,4,11H2,1H3. The van der Waals surface area contributed by atoms with Gasteiger partial charge in [0.25, 0.3) is 5.91 Å². The molecule has 1 aromatic carbocycles. The Hall–Kier alpha value is -1.78. The summed E-state index contributed by atoms with van der Waals surface area (Å²) in [7, 11) is 1.58. The van der Waals surface area contributed by atoms with Crippen LogP contribution in [0.25, 0.3) is 0 Å². The van der Waals surface area contributed by atoms with Gasteiger partial charge in [-0.2, -0.15) is 0 Å². The molecule has 2 rings (SSSR count). The van der Waals surface area contributed by atoms with E-state index in [1.165, 1.54) is 11.0 Å². The Bertz CT molecular complexity index is 406. The minimum Gasteiger partial charge on any atom is -0.481 e. The molecule has 1 aliphatic heterocycles. The number of amides is 1. The molecule has 1 amide bonds. The van der Waals surface area contributed by atoms with Crippen LogP contribution in [0.15, 0.2) is 12.1 Å². The monoisotopic (exact) mass is 196 g/mol. The van der Waals surface area contributed by atoms with Crippen molar-refractivity contribution < 1.29 is 13.9 Å². The lowest BCUT2D eigenvalue weighted by Crippen LogP contribution is -2.36. The van der Waals surface area contributed by atoms with Gasteiger partial charge in [0.05, 0.1) is 5.69 Å². The summed E-state index contributed by atoms with van der Waals surface area (Å²) in [5.74, 6) is -0.357. The number of nitrogens with two attached hydrogens (primary N) is 1. The topological polar surface area (TPSA) is 55.6 Å². The van der Waals surface area contributed by atoms with Crippen LogP contribution in [-0.2, 0) is 4.79 Å². The third-order valence-corrected chi connectivity index (χ3v) is 2.13. The van der Waals surface area contributed by atoms with Gasteiger partial charge in [0.15, 0.2) is 6.61 Å². The van der Waals surface area contributed by atoms with Crippen LogP contribution in [0.2, 0.25) is 0 Å². The van der Waals surface area contributed by atoms with Crippen LogP contribution in [0.1, 0.15) is 0 Å². The van der Waals surface area contributed by atoms with Crippen molar-refractivity contribution in [3.05, 3.63) is 17.9 Å². The molecular weight excluding hydrogens is 187 g/mol. The van der Waals surface area contributed by atoms with E-state index in [-0.39, 0.29) is 18.2 Å². The van der Waals surface area contributed by atoms with Crippen LogP contribution in [0, 0.1) is 5.82 Å². The lowest BCUT2D eigenvalue weighted by Gasteiger charge is -2.27. The maximum atomic E-state index is 12.9. The van der Waals surface area contributed by atoms with Crippen molar-refractivity contribution in [2.24, 2.45) is 0 Å². The number of benzene rings is 1. The molecule has 1 aliphatic rings. The second kappa shape index (κ2) is 2.87. The van der Waals surface area contributed by atoms with Gasteiger partial charge < -0.3 is 15.4 Å². The van der Waals surface area contributed by atoms with Crippen LogP contribution in [0.3, 0.4) is 0 Å². The fraction of sp³-hybridized carbons (Fsp3) is 0.222. The second-order valence-corrected chi connectivity index (χ2v) is 3.08. The Kier molecular flexibility index (Phi) is 1.80. The second-order valence-electron chi connectivity index (χ2n) is 3.08.